The maximum Gasteiger partial charge on any atom is 0.256 e. The molecular formula is C25H20Cl2N2O. The van der Waals surface area contributed by atoms with Gasteiger partial charge in [-0.05, 0) is 56.2 Å². The fourth-order valence-corrected chi connectivity index (χ4v) is 4.22. The molecule has 0 aliphatic heterocycles. The van der Waals surface area contributed by atoms with E-state index in [1.165, 1.54) is 0 Å². The number of rotatable bonds is 3. The number of amides is 1. The number of hydrogen-bond acceptors (Lipinski definition) is 2. The van der Waals surface area contributed by atoms with Crippen molar-refractivity contribution in [3.05, 3.63) is 93.0 Å². The Labute approximate surface area is 185 Å². The maximum atomic E-state index is 13.5. The number of aryl methyl sites for hydroxylation is 2. The minimum atomic E-state index is -0.230. The van der Waals surface area contributed by atoms with E-state index in [9.17, 15) is 4.79 Å². The van der Waals surface area contributed by atoms with Crippen LogP contribution in [-0.2, 0) is 0 Å². The van der Waals surface area contributed by atoms with Gasteiger partial charge in [-0.1, -0.05) is 65.2 Å². The second kappa shape index (κ2) is 8.10. The summed E-state index contributed by atoms with van der Waals surface area (Å²) in [6.07, 6.45) is 0. The Balaban J connectivity index is 1.94. The highest BCUT2D eigenvalue weighted by Crippen LogP contribution is 2.33. The van der Waals surface area contributed by atoms with Gasteiger partial charge >= 0.3 is 0 Å². The smallest absolute Gasteiger partial charge is 0.256 e. The molecule has 0 bridgehead atoms. The summed E-state index contributed by atoms with van der Waals surface area (Å²) < 4.78 is 0. The summed E-state index contributed by atoms with van der Waals surface area (Å²) in [4.78, 5) is 18.4. The molecule has 0 spiro atoms. The lowest BCUT2D eigenvalue weighted by atomic mass is 9.94. The highest BCUT2D eigenvalue weighted by atomic mass is 35.5. The SMILES string of the molecule is Cc1cc(C)c2nc(-c3ccccc3)c(C)c(C(=O)Nc3ccc(Cl)cc3Cl)c2c1. The van der Waals surface area contributed by atoms with Crippen molar-refractivity contribution in [3.63, 3.8) is 0 Å². The molecule has 3 aromatic carbocycles. The second-order valence-corrected chi connectivity index (χ2v) is 8.23. The summed E-state index contributed by atoms with van der Waals surface area (Å²) in [6, 6.07) is 19.0. The van der Waals surface area contributed by atoms with E-state index in [1.807, 2.05) is 57.2 Å². The lowest BCUT2D eigenvalue weighted by Gasteiger charge is -2.17. The Morgan fingerprint density at radius 3 is 2.37 bits per heavy atom. The number of anilines is 1. The van der Waals surface area contributed by atoms with Crippen LogP contribution in [0.25, 0.3) is 22.2 Å². The van der Waals surface area contributed by atoms with Crippen LogP contribution in [0.15, 0.2) is 60.7 Å². The second-order valence-electron chi connectivity index (χ2n) is 7.38. The predicted molar refractivity (Wildman–Crippen MR) is 126 cm³/mol. The molecule has 0 aliphatic rings. The van der Waals surface area contributed by atoms with Crippen molar-refractivity contribution in [1.82, 2.24) is 4.98 Å². The quantitative estimate of drug-likeness (QED) is 0.365. The molecule has 0 aliphatic carbocycles. The van der Waals surface area contributed by atoms with E-state index in [4.69, 9.17) is 28.2 Å². The number of carbonyl (C=O) groups is 1. The van der Waals surface area contributed by atoms with Gasteiger partial charge < -0.3 is 5.32 Å². The molecular weight excluding hydrogens is 415 g/mol. The van der Waals surface area contributed by atoms with Gasteiger partial charge in [0.05, 0.1) is 27.5 Å². The van der Waals surface area contributed by atoms with E-state index in [0.717, 1.165) is 38.9 Å². The van der Waals surface area contributed by atoms with Crippen LogP contribution >= 0.6 is 23.2 Å². The minimum Gasteiger partial charge on any atom is -0.321 e. The Bertz CT molecular complexity index is 1280. The number of benzene rings is 3. The van der Waals surface area contributed by atoms with Crippen LogP contribution in [0.4, 0.5) is 5.69 Å². The summed E-state index contributed by atoms with van der Waals surface area (Å²) in [5.41, 5.74) is 6.61. The largest absolute Gasteiger partial charge is 0.321 e. The molecule has 1 heterocycles. The Hall–Kier alpha value is -2.88. The Morgan fingerprint density at radius 1 is 0.933 bits per heavy atom. The highest BCUT2D eigenvalue weighted by molar-refractivity contribution is 6.37. The zero-order valence-electron chi connectivity index (χ0n) is 16.9. The van der Waals surface area contributed by atoms with Crippen LogP contribution in [-0.4, -0.2) is 10.9 Å². The molecule has 0 saturated heterocycles. The first-order valence-corrected chi connectivity index (χ1v) is 10.3. The number of nitrogens with one attached hydrogen (secondary N) is 1. The van der Waals surface area contributed by atoms with E-state index in [-0.39, 0.29) is 5.91 Å². The Kier molecular flexibility index (Phi) is 5.50. The van der Waals surface area contributed by atoms with Crippen molar-refractivity contribution in [1.29, 1.82) is 0 Å². The van der Waals surface area contributed by atoms with Crippen molar-refractivity contribution >= 4 is 45.7 Å². The third-order valence-electron chi connectivity index (χ3n) is 5.12. The summed E-state index contributed by atoms with van der Waals surface area (Å²) >= 11 is 12.3. The van der Waals surface area contributed by atoms with E-state index in [0.29, 0.717) is 21.3 Å². The fourth-order valence-electron chi connectivity index (χ4n) is 3.76. The molecule has 3 nitrogen and oxygen atoms in total. The van der Waals surface area contributed by atoms with Crippen LogP contribution in [0.1, 0.15) is 27.0 Å². The van der Waals surface area contributed by atoms with Gasteiger partial charge in [0.15, 0.2) is 0 Å². The lowest BCUT2D eigenvalue weighted by molar-refractivity contribution is 0.102. The number of aromatic nitrogens is 1. The molecule has 1 amide bonds. The van der Waals surface area contributed by atoms with Crippen molar-refractivity contribution in [2.24, 2.45) is 0 Å². The third kappa shape index (κ3) is 3.79. The van der Waals surface area contributed by atoms with Gasteiger partial charge in [-0.3, -0.25) is 4.79 Å². The predicted octanol–water partition coefficient (Wildman–Crippen LogP) is 7.39. The van der Waals surface area contributed by atoms with Gasteiger partial charge in [0.25, 0.3) is 5.91 Å². The molecule has 1 N–H and O–H groups in total. The van der Waals surface area contributed by atoms with E-state index >= 15 is 0 Å². The fraction of sp³-hybridized carbons (Fsp3) is 0.120. The number of hydrogen-bond donors (Lipinski definition) is 1. The third-order valence-corrected chi connectivity index (χ3v) is 5.67. The summed E-state index contributed by atoms with van der Waals surface area (Å²) in [6.45, 7) is 5.97. The monoisotopic (exact) mass is 434 g/mol. The standard InChI is InChI=1S/C25H20Cl2N2O/c1-14-11-15(2)23-19(12-14)22(16(3)24(29-23)17-7-5-4-6-8-17)25(30)28-21-10-9-18(26)13-20(21)27/h4-13H,1-3H3,(H,28,30). The average Bonchev–Trinajstić information content (AvgIpc) is 2.70. The zero-order chi connectivity index (χ0) is 21.4. The van der Waals surface area contributed by atoms with Gasteiger partial charge in [-0.2, -0.15) is 0 Å². The number of pyridine rings is 1. The summed E-state index contributed by atoms with van der Waals surface area (Å²) in [7, 11) is 0. The molecule has 0 radical (unpaired) electrons. The molecule has 0 saturated carbocycles. The number of carbonyl (C=O) groups excluding carboxylic acids is 1. The van der Waals surface area contributed by atoms with E-state index < -0.39 is 0 Å². The van der Waals surface area contributed by atoms with Crippen molar-refractivity contribution in [2.75, 3.05) is 5.32 Å². The van der Waals surface area contributed by atoms with Crippen molar-refractivity contribution < 1.29 is 4.79 Å². The number of nitrogens with zero attached hydrogens (tertiary/aromatic N) is 1. The molecule has 0 fully saturated rings. The molecule has 5 heteroatoms. The first-order chi connectivity index (χ1) is 14.3. The van der Waals surface area contributed by atoms with Crippen LogP contribution < -0.4 is 5.32 Å². The van der Waals surface area contributed by atoms with Crippen LogP contribution in [0, 0.1) is 20.8 Å². The first-order valence-electron chi connectivity index (χ1n) is 9.58. The van der Waals surface area contributed by atoms with Gasteiger partial charge in [0.1, 0.15) is 0 Å². The lowest BCUT2D eigenvalue weighted by Crippen LogP contribution is -2.16. The van der Waals surface area contributed by atoms with Crippen LogP contribution in [0.2, 0.25) is 10.0 Å². The van der Waals surface area contributed by atoms with E-state index in [2.05, 4.69) is 11.4 Å². The molecule has 1 aromatic heterocycles. The molecule has 0 atom stereocenters. The molecule has 0 unspecified atom stereocenters. The van der Waals surface area contributed by atoms with Crippen molar-refractivity contribution in [2.45, 2.75) is 20.8 Å². The average molecular weight is 435 g/mol. The Morgan fingerprint density at radius 2 is 1.67 bits per heavy atom. The first kappa shape index (κ1) is 20.4. The topological polar surface area (TPSA) is 42.0 Å². The van der Waals surface area contributed by atoms with Gasteiger partial charge in [-0.15, -0.1) is 0 Å². The van der Waals surface area contributed by atoms with Crippen LogP contribution in [0.5, 0.6) is 0 Å². The van der Waals surface area contributed by atoms with E-state index in [1.54, 1.807) is 18.2 Å². The normalized spacial score (nSPS) is 11.0. The summed E-state index contributed by atoms with van der Waals surface area (Å²) in [5, 5.41) is 4.68. The zero-order valence-corrected chi connectivity index (χ0v) is 18.4. The molecule has 4 rings (SSSR count). The summed E-state index contributed by atoms with van der Waals surface area (Å²) in [5.74, 6) is -0.230. The highest BCUT2D eigenvalue weighted by Gasteiger charge is 2.21. The number of halogens is 2. The molecule has 4 aromatic rings. The van der Waals surface area contributed by atoms with Crippen LogP contribution in [0.3, 0.4) is 0 Å². The minimum absolute atomic E-state index is 0.230. The number of fused-ring (bicyclic) bond motifs is 1. The maximum absolute atomic E-state index is 13.5. The van der Waals surface area contributed by atoms with Gasteiger partial charge in [0, 0.05) is 16.0 Å². The van der Waals surface area contributed by atoms with Gasteiger partial charge in [0.2, 0.25) is 0 Å². The molecule has 150 valence electrons. The van der Waals surface area contributed by atoms with Crippen molar-refractivity contribution in [3.8, 4) is 11.3 Å². The molecule has 30 heavy (non-hydrogen) atoms. The van der Waals surface area contributed by atoms with Gasteiger partial charge in [-0.25, -0.2) is 4.98 Å².